The number of rotatable bonds is 4. The number of hydrogen-bond donors (Lipinski definition) is 2. The molecule has 0 aliphatic carbocycles. The Morgan fingerprint density at radius 2 is 1.71 bits per heavy atom. The molecule has 5 rings (SSSR count). The summed E-state index contributed by atoms with van der Waals surface area (Å²) in [5.74, 6) is 0.649. The summed E-state index contributed by atoms with van der Waals surface area (Å²) < 4.78 is 16.7. The van der Waals surface area contributed by atoms with E-state index >= 15 is 0 Å². The van der Waals surface area contributed by atoms with Crippen molar-refractivity contribution in [2.45, 2.75) is 45.1 Å². The monoisotopic (exact) mass is 476 g/mol. The molecule has 8 nitrogen and oxygen atoms in total. The number of aromatic nitrogens is 3. The summed E-state index contributed by atoms with van der Waals surface area (Å²) in [5, 5.41) is 14.3. The Morgan fingerprint density at radius 3 is 2.51 bits per heavy atom. The number of amides is 3. The Morgan fingerprint density at radius 1 is 0.914 bits per heavy atom. The minimum Gasteiger partial charge on any atom is -0.324 e. The number of likely N-dealkylation sites (tertiary alicyclic amines) is 1. The molecule has 2 aliphatic rings. The smallest absolute Gasteiger partial charge is 0.321 e. The topological polar surface area (TPSA) is 92.2 Å². The number of carbonyl (C=O) groups is 2. The second-order valence-electron chi connectivity index (χ2n) is 9.14. The molecule has 0 saturated carbocycles. The number of urea groups is 1. The van der Waals surface area contributed by atoms with Gasteiger partial charge >= 0.3 is 6.03 Å². The Balaban J connectivity index is 1.21. The van der Waals surface area contributed by atoms with E-state index in [2.05, 4.69) is 25.4 Å². The van der Waals surface area contributed by atoms with Crippen LogP contribution in [0.5, 0.6) is 0 Å². The lowest BCUT2D eigenvalue weighted by molar-refractivity contribution is -0.121. The first-order chi connectivity index (χ1) is 17.1. The van der Waals surface area contributed by atoms with Crippen molar-refractivity contribution in [2.75, 3.05) is 23.7 Å². The van der Waals surface area contributed by atoms with Crippen molar-refractivity contribution in [3.63, 3.8) is 0 Å². The standard InChI is InChI=1S/C26H29FN6O2/c27-21-11-10-19(24-31-30-23-9-5-2-6-14-33(23)24)17-22(21)29-25(34)18-12-15-32(16-13-18)26(35)28-20-7-3-1-4-8-20/h1,3-4,7-8,10-11,17-18H,2,5-6,9,12-16H2,(H,28,35)(H,29,34). The van der Waals surface area contributed by atoms with E-state index < -0.39 is 5.82 Å². The molecular formula is C26H29FN6O2. The van der Waals surface area contributed by atoms with E-state index in [1.165, 1.54) is 6.07 Å². The lowest BCUT2D eigenvalue weighted by atomic mass is 9.96. The highest BCUT2D eigenvalue weighted by Crippen LogP contribution is 2.28. The van der Waals surface area contributed by atoms with Gasteiger partial charge in [-0.25, -0.2) is 9.18 Å². The first-order valence-electron chi connectivity index (χ1n) is 12.2. The van der Waals surface area contributed by atoms with Gasteiger partial charge < -0.3 is 20.1 Å². The van der Waals surface area contributed by atoms with Gasteiger partial charge in [0.2, 0.25) is 5.91 Å². The number of aryl methyl sites for hydroxylation is 1. The lowest BCUT2D eigenvalue weighted by Gasteiger charge is -2.31. The summed E-state index contributed by atoms with van der Waals surface area (Å²) >= 11 is 0. The van der Waals surface area contributed by atoms with Gasteiger partial charge in [-0.05, 0) is 56.0 Å². The van der Waals surface area contributed by atoms with Crippen molar-refractivity contribution in [3.8, 4) is 11.4 Å². The average molecular weight is 477 g/mol. The van der Waals surface area contributed by atoms with Crippen LogP contribution in [0.25, 0.3) is 11.4 Å². The molecule has 3 amide bonds. The second kappa shape index (κ2) is 10.2. The third kappa shape index (κ3) is 5.18. The fourth-order valence-corrected chi connectivity index (χ4v) is 4.76. The fraction of sp³-hybridized carbons (Fsp3) is 0.385. The van der Waals surface area contributed by atoms with Gasteiger partial charge in [0.1, 0.15) is 11.6 Å². The van der Waals surface area contributed by atoms with Crippen LogP contribution in [0.1, 0.15) is 37.9 Å². The second-order valence-corrected chi connectivity index (χ2v) is 9.14. The lowest BCUT2D eigenvalue weighted by Crippen LogP contribution is -2.43. The van der Waals surface area contributed by atoms with Crippen molar-refractivity contribution in [3.05, 3.63) is 60.2 Å². The number of benzene rings is 2. The number of carbonyl (C=O) groups excluding carboxylic acids is 2. The van der Waals surface area contributed by atoms with Crippen LogP contribution in [-0.4, -0.2) is 44.7 Å². The third-order valence-corrected chi connectivity index (χ3v) is 6.77. The van der Waals surface area contributed by atoms with Gasteiger partial charge in [0.25, 0.3) is 0 Å². The zero-order valence-electron chi connectivity index (χ0n) is 19.5. The quantitative estimate of drug-likeness (QED) is 0.571. The summed E-state index contributed by atoms with van der Waals surface area (Å²) in [7, 11) is 0. The van der Waals surface area contributed by atoms with Crippen LogP contribution >= 0.6 is 0 Å². The van der Waals surface area contributed by atoms with Gasteiger partial charge in [-0.3, -0.25) is 4.79 Å². The number of halogens is 1. The Hall–Kier alpha value is -3.75. The molecule has 2 aliphatic heterocycles. The normalized spacial score (nSPS) is 16.3. The van der Waals surface area contributed by atoms with Crippen LogP contribution in [0.15, 0.2) is 48.5 Å². The minimum absolute atomic E-state index is 0.141. The number of fused-ring (bicyclic) bond motifs is 1. The van der Waals surface area contributed by atoms with Gasteiger partial charge in [-0.15, -0.1) is 10.2 Å². The zero-order chi connectivity index (χ0) is 24.2. The van der Waals surface area contributed by atoms with Gasteiger partial charge in [0.05, 0.1) is 5.69 Å². The molecule has 0 radical (unpaired) electrons. The van der Waals surface area contributed by atoms with E-state index in [4.69, 9.17) is 0 Å². The number of para-hydroxylation sites is 1. The molecule has 0 spiro atoms. The molecule has 9 heteroatoms. The van der Waals surface area contributed by atoms with Crippen molar-refractivity contribution < 1.29 is 14.0 Å². The molecule has 3 heterocycles. The molecule has 1 saturated heterocycles. The summed E-state index contributed by atoms with van der Waals surface area (Å²) in [6.07, 6.45) is 5.24. The number of anilines is 2. The minimum atomic E-state index is -0.489. The van der Waals surface area contributed by atoms with E-state index in [0.29, 0.717) is 31.8 Å². The molecule has 0 bridgehead atoms. The van der Waals surface area contributed by atoms with Gasteiger partial charge in [0.15, 0.2) is 5.82 Å². The fourth-order valence-electron chi connectivity index (χ4n) is 4.76. The largest absolute Gasteiger partial charge is 0.324 e. The predicted octanol–water partition coefficient (Wildman–Crippen LogP) is 4.69. The number of nitrogens with zero attached hydrogens (tertiary/aromatic N) is 4. The molecule has 2 aromatic carbocycles. The van der Waals surface area contributed by atoms with Gasteiger partial charge in [-0.2, -0.15) is 0 Å². The highest BCUT2D eigenvalue weighted by Gasteiger charge is 2.28. The van der Waals surface area contributed by atoms with Gasteiger partial charge in [0, 0.05) is 43.2 Å². The highest BCUT2D eigenvalue weighted by molar-refractivity contribution is 5.94. The summed E-state index contributed by atoms with van der Waals surface area (Å²) in [6.45, 7) is 1.77. The zero-order valence-corrected chi connectivity index (χ0v) is 19.5. The van der Waals surface area contributed by atoms with E-state index in [0.717, 1.165) is 49.3 Å². The van der Waals surface area contributed by atoms with Crippen molar-refractivity contribution in [1.82, 2.24) is 19.7 Å². The molecule has 1 fully saturated rings. The third-order valence-electron chi connectivity index (χ3n) is 6.77. The van der Waals surface area contributed by atoms with Crippen molar-refractivity contribution in [1.29, 1.82) is 0 Å². The van der Waals surface area contributed by atoms with E-state index in [1.54, 1.807) is 17.0 Å². The van der Waals surface area contributed by atoms with Crippen molar-refractivity contribution >= 4 is 23.3 Å². The maximum Gasteiger partial charge on any atom is 0.321 e. The number of piperidine rings is 1. The molecule has 182 valence electrons. The van der Waals surface area contributed by atoms with E-state index in [-0.39, 0.29) is 23.5 Å². The van der Waals surface area contributed by atoms with Crippen molar-refractivity contribution in [2.24, 2.45) is 5.92 Å². The molecule has 0 atom stereocenters. The molecule has 1 aromatic heterocycles. The first-order valence-corrected chi connectivity index (χ1v) is 12.2. The maximum atomic E-state index is 14.6. The average Bonchev–Trinajstić information content (AvgIpc) is 3.13. The number of nitrogens with one attached hydrogen (secondary N) is 2. The number of hydrogen-bond acceptors (Lipinski definition) is 4. The van der Waals surface area contributed by atoms with E-state index in [9.17, 15) is 14.0 Å². The Labute approximate surface area is 203 Å². The summed E-state index contributed by atoms with van der Waals surface area (Å²) in [6, 6.07) is 13.8. The van der Waals surface area contributed by atoms with Crippen LogP contribution < -0.4 is 10.6 Å². The highest BCUT2D eigenvalue weighted by atomic mass is 19.1. The van der Waals surface area contributed by atoms with Crippen LogP contribution in [-0.2, 0) is 17.8 Å². The summed E-state index contributed by atoms with van der Waals surface area (Å²) in [5.41, 5.74) is 1.61. The Kier molecular flexibility index (Phi) is 6.74. The van der Waals surface area contributed by atoms with Crippen LogP contribution in [0.2, 0.25) is 0 Å². The summed E-state index contributed by atoms with van der Waals surface area (Å²) in [4.78, 5) is 27.1. The first kappa shape index (κ1) is 23.0. The van der Waals surface area contributed by atoms with E-state index in [1.807, 2.05) is 30.3 Å². The molecular weight excluding hydrogens is 447 g/mol. The SMILES string of the molecule is O=C(Nc1cc(-c2nnc3n2CCCCC3)ccc1F)C1CCN(C(=O)Nc2ccccc2)CC1. The molecule has 2 N–H and O–H groups in total. The van der Waals surface area contributed by atoms with Crippen LogP contribution in [0, 0.1) is 11.7 Å². The molecule has 3 aromatic rings. The predicted molar refractivity (Wildman–Crippen MR) is 131 cm³/mol. The Bertz CT molecular complexity index is 1200. The van der Waals surface area contributed by atoms with Gasteiger partial charge in [-0.1, -0.05) is 24.6 Å². The van der Waals surface area contributed by atoms with Crippen LogP contribution in [0.4, 0.5) is 20.6 Å². The van der Waals surface area contributed by atoms with Crippen LogP contribution in [0.3, 0.4) is 0 Å². The molecule has 0 unspecified atom stereocenters. The molecule has 35 heavy (non-hydrogen) atoms. The maximum absolute atomic E-state index is 14.6.